The van der Waals surface area contributed by atoms with Crippen molar-refractivity contribution in [2.45, 2.75) is 32.6 Å². The maximum Gasteiger partial charge on any atom is 0.0532 e. The summed E-state index contributed by atoms with van der Waals surface area (Å²) in [6.07, 6.45) is 4.32. The summed E-state index contributed by atoms with van der Waals surface area (Å²) in [5.41, 5.74) is 11.8. The van der Waals surface area contributed by atoms with Crippen LogP contribution in [-0.4, -0.2) is 0 Å². The highest BCUT2D eigenvalue weighted by Gasteiger charge is 2.29. The van der Waals surface area contributed by atoms with Crippen LogP contribution in [0.25, 0.3) is 33.4 Å². The van der Waals surface area contributed by atoms with Gasteiger partial charge >= 0.3 is 0 Å². The highest BCUT2D eigenvalue weighted by molar-refractivity contribution is 6.36. The fraction of sp³-hybridized carbons (Fsp3) is 0.172. The molecule has 0 fully saturated rings. The number of fused-ring (bicyclic) bond motifs is 3. The predicted octanol–water partition coefficient (Wildman–Crippen LogP) is 8.59. The normalized spacial score (nSPS) is 11.9. The molecule has 0 unspecified atom stereocenters. The fourth-order valence-electron chi connectivity index (χ4n) is 4.83. The van der Waals surface area contributed by atoms with Crippen molar-refractivity contribution in [3.05, 3.63) is 107 Å². The maximum atomic E-state index is 7.24. The lowest BCUT2D eigenvalue weighted by Crippen LogP contribution is -2.01. The van der Waals surface area contributed by atoms with Gasteiger partial charge in [0.25, 0.3) is 0 Å². The van der Waals surface area contributed by atoms with Gasteiger partial charge in [0.15, 0.2) is 0 Å². The largest absolute Gasteiger partial charge is 0.0833 e. The van der Waals surface area contributed by atoms with Crippen molar-refractivity contribution in [2.75, 3.05) is 0 Å². The van der Waals surface area contributed by atoms with Crippen LogP contribution in [0.5, 0.6) is 0 Å². The molecule has 1 heteroatoms. The molecule has 30 heavy (non-hydrogen) atoms. The molecule has 4 aromatic rings. The summed E-state index contributed by atoms with van der Waals surface area (Å²) in [5, 5.41) is 0.909. The zero-order chi connectivity index (χ0) is 20.5. The molecule has 0 nitrogen and oxygen atoms in total. The number of benzene rings is 4. The first-order valence-electron chi connectivity index (χ1n) is 10.9. The number of hydrogen-bond acceptors (Lipinski definition) is 0. The Morgan fingerprint density at radius 2 is 1.30 bits per heavy atom. The van der Waals surface area contributed by atoms with Gasteiger partial charge in [-0.25, -0.2) is 0 Å². The molecule has 0 saturated heterocycles. The molecular formula is C29H25Cl. The molecule has 0 saturated carbocycles. The lowest BCUT2D eigenvalue weighted by Gasteiger charge is -2.23. The van der Waals surface area contributed by atoms with Crippen LogP contribution in [0, 0.1) is 0 Å². The van der Waals surface area contributed by atoms with Gasteiger partial charge in [-0.15, -0.1) is 0 Å². The van der Waals surface area contributed by atoms with Gasteiger partial charge in [-0.05, 0) is 57.3 Å². The van der Waals surface area contributed by atoms with E-state index in [4.69, 9.17) is 11.6 Å². The minimum absolute atomic E-state index is 0.909. The zero-order valence-corrected chi connectivity index (χ0v) is 18.0. The Balaban J connectivity index is 1.91. The average molecular weight is 409 g/mol. The molecule has 0 radical (unpaired) electrons. The van der Waals surface area contributed by atoms with Crippen LogP contribution < -0.4 is 0 Å². The standard InChI is InChI=1S/C29H25Cl/c1-2-3-17-24-26(20-12-6-4-7-13-20)27(21-14-8-5-9-15-21)29(30)25-19-22-16-10-11-18-23(22)28(24)25/h4-16,18H,2-3,17,19H2,1H3. The first-order chi connectivity index (χ1) is 14.8. The number of hydrogen-bond donors (Lipinski definition) is 0. The summed E-state index contributed by atoms with van der Waals surface area (Å²) in [7, 11) is 0. The second-order valence-electron chi connectivity index (χ2n) is 8.07. The van der Waals surface area contributed by atoms with E-state index in [9.17, 15) is 0 Å². The minimum Gasteiger partial charge on any atom is -0.0833 e. The smallest absolute Gasteiger partial charge is 0.0532 e. The lowest BCUT2D eigenvalue weighted by molar-refractivity contribution is 0.797. The molecule has 0 atom stereocenters. The van der Waals surface area contributed by atoms with Crippen molar-refractivity contribution in [1.82, 2.24) is 0 Å². The average Bonchev–Trinajstić information content (AvgIpc) is 3.19. The molecule has 1 aliphatic carbocycles. The third-order valence-corrected chi connectivity index (χ3v) is 6.62. The highest BCUT2D eigenvalue weighted by atomic mass is 35.5. The second-order valence-corrected chi connectivity index (χ2v) is 8.44. The van der Waals surface area contributed by atoms with Crippen molar-refractivity contribution in [2.24, 2.45) is 0 Å². The lowest BCUT2D eigenvalue weighted by atomic mass is 9.83. The molecule has 0 heterocycles. The molecule has 0 bridgehead atoms. The van der Waals surface area contributed by atoms with Crippen molar-refractivity contribution < 1.29 is 0 Å². The quantitative estimate of drug-likeness (QED) is 0.273. The van der Waals surface area contributed by atoms with Gasteiger partial charge in [0, 0.05) is 12.0 Å². The summed E-state index contributed by atoms with van der Waals surface area (Å²) in [6, 6.07) is 30.2. The zero-order valence-electron chi connectivity index (χ0n) is 17.3. The van der Waals surface area contributed by atoms with E-state index >= 15 is 0 Å². The van der Waals surface area contributed by atoms with Crippen molar-refractivity contribution in [3.63, 3.8) is 0 Å². The van der Waals surface area contributed by atoms with Gasteiger partial charge in [0.1, 0.15) is 0 Å². The minimum atomic E-state index is 0.909. The van der Waals surface area contributed by atoms with Crippen LogP contribution in [0.3, 0.4) is 0 Å². The van der Waals surface area contributed by atoms with E-state index in [-0.39, 0.29) is 0 Å². The predicted molar refractivity (Wildman–Crippen MR) is 129 cm³/mol. The van der Waals surface area contributed by atoms with Crippen LogP contribution in [0.2, 0.25) is 5.02 Å². The van der Waals surface area contributed by atoms with E-state index in [1.54, 1.807) is 0 Å². The fourth-order valence-corrected chi connectivity index (χ4v) is 5.20. The SMILES string of the molecule is CCCCc1c2c(c(Cl)c(-c3ccccc3)c1-c1ccccc1)Cc1ccccc1-2. The van der Waals surface area contributed by atoms with Crippen LogP contribution in [0.15, 0.2) is 84.9 Å². The molecule has 5 rings (SSSR count). The van der Waals surface area contributed by atoms with E-state index < -0.39 is 0 Å². The summed E-state index contributed by atoms with van der Waals surface area (Å²) < 4.78 is 0. The second kappa shape index (κ2) is 8.13. The Kier molecular flexibility index (Phi) is 5.19. The first kappa shape index (κ1) is 19.2. The van der Waals surface area contributed by atoms with Crippen LogP contribution in [0.4, 0.5) is 0 Å². The summed E-state index contributed by atoms with van der Waals surface area (Å²) in [5.74, 6) is 0. The topological polar surface area (TPSA) is 0 Å². The van der Waals surface area contributed by atoms with Crippen LogP contribution in [-0.2, 0) is 12.8 Å². The van der Waals surface area contributed by atoms with E-state index in [1.165, 1.54) is 62.9 Å². The first-order valence-corrected chi connectivity index (χ1v) is 11.2. The third-order valence-electron chi connectivity index (χ3n) is 6.20. The van der Waals surface area contributed by atoms with E-state index in [2.05, 4.69) is 91.9 Å². The molecule has 0 N–H and O–H groups in total. The Bertz CT molecular complexity index is 1190. The van der Waals surface area contributed by atoms with E-state index in [1.807, 2.05) is 0 Å². The molecule has 0 aromatic heterocycles. The molecule has 148 valence electrons. The van der Waals surface area contributed by atoms with Crippen LogP contribution >= 0.6 is 11.6 Å². The molecular weight excluding hydrogens is 384 g/mol. The van der Waals surface area contributed by atoms with Gasteiger partial charge in [0.05, 0.1) is 5.02 Å². The summed E-state index contributed by atoms with van der Waals surface area (Å²) >= 11 is 7.24. The van der Waals surface area contributed by atoms with Gasteiger partial charge in [-0.1, -0.05) is 110 Å². The van der Waals surface area contributed by atoms with Gasteiger partial charge in [-0.3, -0.25) is 0 Å². The van der Waals surface area contributed by atoms with E-state index in [0.29, 0.717) is 0 Å². The molecule has 0 spiro atoms. The van der Waals surface area contributed by atoms with Crippen molar-refractivity contribution in [1.29, 1.82) is 0 Å². The summed E-state index contributed by atoms with van der Waals surface area (Å²) in [6.45, 7) is 2.27. The molecule has 0 amide bonds. The number of halogens is 1. The molecule has 1 aliphatic rings. The highest BCUT2D eigenvalue weighted by Crippen LogP contribution is 2.51. The van der Waals surface area contributed by atoms with Gasteiger partial charge < -0.3 is 0 Å². The Morgan fingerprint density at radius 1 is 0.700 bits per heavy atom. The van der Waals surface area contributed by atoms with Gasteiger partial charge in [-0.2, -0.15) is 0 Å². The molecule has 0 aliphatic heterocycles. The molecule has 4 aromatic carbocycles. The van der Waals surface area contributed by atoms with Crippen molar-refractivity contribution in [3.8, 4) is 33.4 Å². The third kappa shape index (κ3) is 3.16. The van der Waals surface area contributed by atoms with Gasteiger partial charge in [0.2, 0.25) is 0 Å². The van der Waals surface area contributed by atoms with E-state index in [0.717, 1.165) is 17.9 Å². The Labute approximate surface area is 184 Å². The monoisotopic (exact) mass is 408 g/mol. The summed E-state index contributed by atoms with van der Waals surface area (Å²) in [4.78, 5) is 0. The number of rotatable bonds is 5. The Hall–Kier alpha value is -2.83. The maximum absolute atomic E-state index is 7.24. The van der Waals surface area contributed by atoms with Crippen LogP contribution in [0.1, 0.15) is 36.5 Å². The Morgan fingerprint density at radius 3 is 1.97 bits per heavy atom. The van der Waals surface area contributed by atoms with Crippen molar-refractivity contribution >= 4 is 11.6 Å². The number of unbranched alkanes of at least 4 members (excludes halogenated alkanes) is 1.